The second-order valence-electron chi connectivity index (χ2n) is 7.79. The molecule has 7 heteroatoms. The maximum absolute atomic E-state index is 12.5. The molecule has 152 valence electrons. The Morgan fingerprint density at radius 2 is 1.74 bits per heavy atom. The smallest absolute Gasteiger partial charge is 0.309 e. The zero-order valence-electron chi connectivity index (χ0n) is 16.7. The Labute approximate surface area is 160 Å². The average Bonchev–Trinajstić information content (AvgIpc) is 2.56. The van der Waals surface area contributed by atoms with E-state index in [4.69, 9.17) is 14.7 Å². The summed E-state index contributed by atoms with van der Waals surface area (Å²) in [5.74, 6) is -1.46. The number of benzene rings is 1. The minimum atomic E-state index is -1.01. The lowest BCUT2D eigenvalue weighted by Gasteiger charge is -2.24. The summed E-state index contributed by atoms with van der Waals surface area (Å²) in [6.07, 6.45) is -0.459. The van der Waals surface area contributed by atoms with Crippen molar-refractivity contribution in [2.24, 2.45) is 5.92 Å². The number of hydrogen-bond donors (Lipinski definition) is 3. The summed E-state index contributed by atoms with van der Waals surface area (Å²) < 4.78 is 10.8. The number of esters is 1. The summed E-state index contributed by atoms with van der Waals surface area (Å²) >= 11 is 0. The first-order chi connectivity index (χ1) is 12.5. The van der Waals surface area contributed by atoms with Crippen molar-refractivity contribution in [3.05, 3.63) is 35.4 Å². The van der Waals surface area contributed by atoms with Crippen molar-refractivity contribution in [1.82, 2.24) is 5.48 Å². The average molecular weight is 381 g/mol. The normalized spacial score (nSPS) is 13.9. The molecule has 1 rings (SSSR count). The third-order valence-corrected chi connectivity index (χ3v) is 3.73. The lowest BCUT2D eigenvalue weighted by molar-refractivity contribution is -0.160. The van der Waals surface area contributed by atoms with Crippen LogP contribution < -0.4 is 5.48 Å². The van der Waals surface area contributed by atoms with E-state index < -0.39 is 23.7 Å². The number of carbonyl (C=O) groups is 2. The van der Waals surface area contributed by atoms with Crippen molar-refractivity contribution in [3.63, 3.8) is 0 Å². The number of carbonyl (C=O) groups excluding carboxylic acids is 2. The van der Waals surface area contributed by atoms with E-state index in [1.54, 1.807) is 38.4 Å². The minimum Gasteiger partial charge on any atom is -0.460 e. The van der Waals surface area contributed by atoms with Gasteiger partial charge in [0.2, 0.25) is 5.91 Å². The molecule has 0 aromatic heterocycles. The summed E-state index contributed by atoms with van der Waals surface area (Å²) in [6.45, 7) is 9.03. The van der Waals surface area contributed by atoms with Crippen LogP contribution in [0.4, 0.5) is 0 Å². The van der Waals surface area contributed by atoms with E-state index in [-0.39, 0.29) is 24.9 Å². The van der Waals surface area contributed by atoms with Crippen LogP contribution >= 0.6 is 0 Å². The van der Waals surface area contributed by atoms with Crippen LogP contribution in [0.2, 0.25) is 0 Å². The quantitative estimate of drug-likeness (QED) is 0.263. The van der Waals surface area contributed by atoms with Crippen LogP contribution in [-0.4, -0.2) is 33.9 Å². The summed E-state index contributed by atoms with van der Waals surface area (Å²) in [5, 5.41) is 18.6. The van der Waals surface area contributed by atoms with Crippen LogP contribution in [0.5, 0.6) is 0 Å². The van der Waals surface area contributed by atoms with E-state index >= 15 is 0 Å². The number of nitrogens with one attached hydrogen (secondary N) is 1. The number of amides is 1. The molecule has 27 heavy (non-hydrogen) atoms. The number of aliphatic hydroxyl groups is 1. The fourth-order valence-corrected chi connectivity index (χ4v) is 2.49. The largest absolute Gasteiger partial charge is 0.460 e. The molecule has 0 bridgehead atoms. The van der Waals surface area contributed by atoms with Gasteiger partial charge >= 0.3 is 5.97 Å². The second-order valence-corrected chi connectivity index (χ2v) is 7.79. The van der Waals surface area contributed by atoms with E-state index in [0.29, 0.717) is 12.0 Å². The lowest BCUT2D eigenvalue weighted by Crippen LogP contribution is -2.31. The van der Waals surface area contributed by atoms with Gasteiger partial charge in [-0.05, 0) is 53.0 Å². The molecule has 1 amide bonds. The molecule has 7 nitrogen and oxygen atoms in total. The van der Waals surface area contributed by atoms with Crippen molar-refractivity contribution in [2.45, 2.75) is 71.9 Å². The van der Waals surface area contributed by atoms with Crippen molar-refractivity contribution in [1.29, 1.82) is 0 Å². The van der Waals surface area contributed by atoms with Crippen LogP contribution in [-0.2, 0) is 25.5 Å². The third kappa shape index (κ3) is 8.99. The zero-order chi connectivity index (χ0) is 20.6. The zero-order valence-corrected chi connectivity index (χ0v) is 16.7. The molecule has 1 aromatic carbocycles. The van der Waals surface area contributed by atoms with Gasteiger partial charge in [-0.3, -0.25) is 14.8 Å². The molecule has 1 aromatic rings. The van der Waals surface area contributed by atoms with Crippen LogP contribution in [0, 0.1) is 5.92 Å². The number of aliphatic hydroxyl groups excluding tert-OH is 1. The first-order valence-electron chi connectivity index (χ1n) is 9.10. The first-order valence-corrected chi connectivity index (χ1v) is 9.10. The molecule has 0 fully saturated rings. The minimum absolute atomic E-state index is 0.0133. The maximum atomic E-state index is 12.5. The number of ether oxygens (including phenoxy) is 2. The number of hydrogen-bond acceptors (Lipinski definition) is 6. The molecule has 2 unspecified atom stereocenters. The summed E-state index contributed by atoms with van der Waals surface area (Å²) in [4.78, 5) is 23.8. The van der Waals surface area contributed by atoms with Crippen molar-refractivity contribution in [2.75, 3.05) is 0 Å². The van der Waals surface area contributed by atoms with Gasteiger partial charge in [-0.1, -0.05) is 24.3 Å². The fraction of sp³-hybridized carbons (Fsp3) is 0.600. The van der Waals surface area contributed by atoms with E-state index in [0.717, 1.165) is 5.56 Å². The Kier molecular flexibility index (Phi) is 8.88. The first kappa shape index (κ1) is 23.1. The van der Waals surface area contributed by atoms with E-state index in [1.807, 2.05) is 26.0 Å². The highest BCUT2D eigenvalue weighted by molar-refractivity contribution is 5.77. The Bertz CT molecular complexity index is 606. The predicted octanol–water partition coefficient (Wildman–Crippen LogP) is 2.89. The van der Waals surface area contributed by atoms with Crippen molar-refractivity contribution < 1.29 is 29.4 Å². The standard InChI is InChI=1S/C20H31NO6/c1-13(2)26-18(23)15-8-6-14(7-9-15)12-16(10-11-17(22)21-25)19(24)27-20(3,4)5/h6-9,13,16,18,23,25H,10-12H2,1-5H3,(H,21,22). The van der Waals surface area contributed by atoms with Gasteiger partial charge in [0.05, 0.1) is 12.0 Å². The van der Waals surface area contributed by atoms with Crippen LogP contribution in [0.25, 0.3) is 0 Å². The van der Waals surface area contributed by atoms with Crippen molar-refractivity contribution >= 4 is 11.9 Å². The fourth-order valence-electron chi connectivity index (χ4n) is 2.49. The van der Waals surface area contributed by atoms with Gasteiger partial charge in [0, 0.05) is 12.0 Å². The summed E-state index contributed by atoms with van der Waals surface area (Å²) in [7, 11) is 0. The van der Waals surface area contributed by atoms with Crippen LogP contribution in [0.15, 0.2) is 24.3 Å². The molecule has 0 heterocycles. The molecule has 3 N–H and O–H groups in total. The van der Waals surface area contributed by atoms with Crippen LogP contribution in [0.1, 0.15) is 64.9 Å². The second kappa shape index (κ2) is 10.4. The summed E-state index contributed by atoms with van der Waals surface area (Å²) in [5.41, 5.74) is 2.44. The van der Waals surface area contributed by atoms with Crippen molar-refractivity contribution in [3.8, 4) is 0 Å². The highest BCUT2D eigenvalue weighted by Crippen LogP contribution is 2.22. The molecule has 0 aliphatic carbocycles. The monoisotopic (exact) mass is 381 g/mol. The summed E-state index contributed by atoms with van der Waals surface area (Å²) in [6, 6.07) is 7.11. The Morgan fingerprint density at radius 1 is 1.15 bits per heavy atom. The van der Waals surface area contributed by atoms with E-state index in [1.165, 1.54) is 0 Å². The Balaban J connectivity index is 2.84. The topological polar surface area (TPSA) is 105 Å². The maximum Gasteiger partial charge on any atom is 0.309 e. The van der Waals surface area contributed by atoms with Gasteiger partial charge in [-0.25, -0.2) is 5.48 Å². The SMILES string of the molecule is CC(C)OC(O)c1ccc(CC(CCC(=O)NO)C(=O)OC(C)(C)C)cc1. The predicted molar refractivity (Wildman–Crippen MR) is 99.8 cm³/mol. The molecule has 0 spiro atoms. The molecular formula is C20H31NO6. The van der Waals surface area contributed by atoms with E-state index in [9.17, 15) is 14.7 Å². The molecule has 0 aliphatic rings. The van der Waals surface area contributed by atoms with Gasteiger partial charge in [0.25, 0.3) is 0 Å². The lowest BCUT2D eigenvalue weighted by atomic mass is 9.93. The Morgan fingerprint density at radius 3 is 2.22 bits per heavy atom. The van der Waals surface area contributed by atoms with Gasteiger partial charge in [0.15, 0.2) is 6.29 Å². The van der Waals surface area contributed by atoms with Gasteiger partial charge in [0.1, 0.15) is 5.60 Å². The third-order valence-electron chi connectivity index (χ3n) is 3.73. The number of hydroxylamine groups is 1. The molecule has 0 saturated carbocycles. The van der Waals surface area contributed by atoms with E-state index in [2.05, 4.69) is 0 Å². The van der Waals surface area contributed by atoms with Gasteiger partial charge < -0.3 is 14.6 Å². The Hall–Kier alpha value is -1.96. The molecule has 0 aliphatic heterocycles. The van der Waals surface area contributed by atoms with Gasteiger partial charge in [-0.2, -0.15) is 0 Å². The number of rotatable bonds is 9. The molecular weight excluding hydrogens is 350 g/mol. The molecule has 0 radical (unpaired) electrons. The highest BCUT2D eigenvalue weighted by Gasteiger charge is 2.26. The molecule has 2 atom stereocenters. The van der Waals surface area contributed by atoms with Crippen LogP contribution in [0.3, 0.4) is 0 Å². The molecule has 0 saturated heterocycles. The van der Waals surface area contributed by atoms with Gasteiger partial charge in [-0.15, -0.1) is 0 Å². The highest BCUT2D eigenvalue weighted by atomic mass is 16.6.